The zero-order chi connectivity index (χ0) is 11.4. The van der Waals surface area contributed by atoms with Crippen LogP contribution < -0.4 is 0 Å². The van der Waals surface area contributed by atoms with Crippen LogP contribution in [0.1, 0.15) is 32.3 Å². The maximum absolute atomic E-state index is 7.90. The molecule has 1 N–H and O–H groups in total. The third-order valence-electron chi connectivity index (χ3n) is 2.18. The van der Waals surface area contributed by atoms with E-state index in [9.17, 15) is 0 Å². The lowest BCUT2D eigenvalue weighted by atomic mass is 10.0. The Balaban J connectivity index is 2.73. The fourth-order valence-corrected chi connectivity index (χ4v) is 1.83. The quantitative estimate of drug-likeness (QED) is 0.736. The van der Waals surface area contributed by atoms with Crippen LogP contribution in [0.2, 0.25) is 10.0 Å². The largest absolute Gasteiger partial charge is 0.305 e. The van der Waals surface area contributed by atoms with Crippen molar-refractivity contribution in [2.24, 2.45) is 5.92 Å². The van der Waals surface area contributed by atoms with Gasteiger partial charge in [0, 0.05) is 15.8 Å². The Kier molecular flexibility index (Phi) is 4.62. The fourth-order valence-electron chi connectivity index (χ4n) is 1.31. The first-order valence-electron chi connectivity index (χ1n) is 5.03. The molecule has 15 heavy (non-hydrogen) atoms. The SMILES string of the molecule is CC(C)CCC(=N)c1cc(Cl)cc(Cl)c1. The Hall–Kier alpha value is -0.530. The Morgan fingerprint density at radius 2 is 1.73 bits per heavy atom. The summed E-state index contributed by atoms with van der Waals surface area (Å²) in [4.78, 5) is 0. The summed E-state index contributed by atoms with van der Waals surface area (Å²) in [5.74, 6) is 0.611. The van der Waals surface area contributed by atoms with Gasteiger partial charge in [-0.1, -0.05) is 37.0 Å². The van der Waals surface area contributed by atoms with Crippen LogP contribution in [0.25, 0.3) is 0 Å². The Morgan fingerprint density at radius 1 is 1.20 bits per heavy atom. The maximum Gasteiger partial charge on any atom is 0.0427 e. The number of benzene rings is 1. The van der Waals surface area contributed by atoms with Crippen molar-refractivity contribution in [3.8, 4) is 0 Å². The van der Waals surface area contributed by atoms with E-state index < -0.39 is 0 Å². The minimum Gasteiger partial charge on any atom is -0.305 e. The van der Waals surface area contributed by atoms with Gasteiger partial charge in [-0.3, -0.25) is 0 Å². The van der Waals surface area contributed by atoms with Crippen molar-refractivity contribution >= 4 is 28.9 Å². The monoisotopic (exact) mass is 243 g/mol. The van der Waals surface area contributed by atoms with E-state index in [1.165, 1.54) is 0 Å². The summed E-state index contributed by atoms with van der Waals surface area (Å²) in [6.45, 7) is 4.30. The van der Waals surface area contributed by atoms with Gasteiger partial charge in [0.05, 0.1) is 0 Å². The summed E-state index contributed by atoms with van der Waals surface area (Å²) in [5, 5.41) is 9.08. The van der Waals surface area contributed by atoms with Crippen LogP contribution in [0.5, 0.6) is 0 Å². The van der Waals surface area contributed by atoms with Crippen molar-refractivity contribution in [1.82, 2.24) is 0 Å². The minimum atomic E-state index is 0.590. The molecular weight excluding hydrogens is 229 g/mol. The number of rotatable bonds is 4. The molecule has 0 aliphatic rings. The molecule has 0 bridgehead atoms. The lowest BCUT2D eigenvalue weighted by molar-refractivity contribution is 0.603. The summed E-state index contributed by atoms with van der Waals surface area (Å²) >= 11 is 11.8. The number of hydrogen-bond acceptors (Lipinski definition) is 1. The van der Waals surface area contributed by atoms with Crippen molar-refractivity contribution in [1.29, 1.82) is 5.41 Å². The lowest BCUT2D eigenvalue weighted by Crippen LogP contribution is -2.01. The Labute approximate surface area is 101 Å². The Morgan fingerprint density at radius 3 is 2.20 bits per heavy atom. The summed E-state index contributed by atoms with van der Waals surface area (Å²) in [7, 11) is 0. The van der Waals surface area contributed by atoms with Gasteiger partial charge in [-0.05, 0) is 42.5 Å². The molecule has 0 aromatic heterocycles. The van der Waals surface area contributed by atoms with E-state index in [4.69, 9.17) is 28.6 Å². The number of hydrogen-bond donors (Lipinski definition) is 1. The van der Waals surface area contributed by atoms with Crippen molar-refractivity contribution < 1.29 is 0 Å². The fraction of sp³-hybridized carbons (Fsp3) is 0.417. The van der Waals surface area contributed by atoms with E-state index in [2.05, 4.69) is 13.8 Å². The normalized spacial score (nSPS) is 10.7. The third kappa shape index (κ3) is 4.23. The van der Waals surface area contributed by atoms with Crippen LogP contribution in [-0.4, -0.2) is 5.71 Å². The van der Waals surface area contributed by atoms with Crippen LogP contribution in [0.15, 0.2) is 18.2 Å². The highest BCUT2D eigenvalue weighted by Gasteiger charge is 2.05. The highest BCUT2D eigenvalue weighted by molar-refractivity contribution is 6.35. The molecule has 1 nitrogen and oxygen atoms in total. The highest BCUT2D eigenvalue weighted by atomic mass is 35.5. The van der Waals surface area contributed by atoms with E-state index in [0.29, 0.717) is 21.7 Å². The molecule has 0 fully saturated rings. The molecule has 0 saturated heterocycles. The van der Waals surface area contributed by atoms with Gasteiger partial charge < -0.3 is 5.41 Å². The first kappa shape index (κ1) is 12.5. The second-order valence-electron chi connectivity index (χ2n) is 4.07. The molecule has 0 radical (unpaired) electrons. The van der Waals surface area contributed by atoms with Crippen LogP contribution in [0.4, 0.5) is 0 Å². The van der Waals surface area contributed by atoms with E-state index >= 15 is 0 Å². The number of halogens is 2. The van der Waals surface area contributed by atoms with Crippen molar-refractivity contribution in [3.05, 3.63) is 33.8 Å². The number of nitrogens with one attached hydrogen (secondary N) is 1. The van der Waals surface area contributed by atoms with Crippen molar-refractivity contribution in [3.63, 3.8) is 0 Å². The second-order valence-corrected chi connectivity index (χ2v) is 4.94. The minimum absolute atomic E-state index is 0.590. The van der Waals surface area contributed by atoms with Crippen molar-refractivity contribution in [2.45, 2.75) is 26.7 Å². The average Bonchev–Trinajstić information content (AvgIpc) is 2.12. The molecule has 0 spiro atoms. The van der Waals surface area contributed by atoms with E-state index in [1.807, 2.05) is 0 Å². The zero-order valence-corrected chi connectivity index (χ0v) is 10.5. The molecule has 0 aliphatic heterocycles. The molecule has 1 rings (SSSR count). The molecule has 0 amide bonds. The van der Waals surface area contributed by atoms with Crippen LogP contribution in [0.3, 0.4) is 0 Å². The molecule has 82 valence electrons. The van der Waals surface area contributed by atoms with Gasteiger partial charge in [-0.25, -0.2) is 0 Å². The summed E-state index contributed by atoms with van der Waals surface area (Å²) < 4.78 is 0. The van der Waals surface area contributed by atoms with Crippen LogP contribution in [-0.2, 0) is 0 Å². The molecule has 0 unspecified atom stereocenters. The van der Waals surface area contributed by atoms with Crippen LogP contribution >= 0.6 is 23.2 Å². The topological polar surface area (TPSA) is 23.9 Å². The molecule has 0 aliphatic carbocycles. The lowest BCUT2D eigenvalue weighted by Gasteiger charge is -2.07. The van der Waals surface area contributed by atoms with Gasteiger partial charge in [-0.2, -0.15) is 0 Å². The van der Waals surface area contributed by atoms with Gasteiger partial charge in [0.2, 0.25) is 0 Å². The first-order chi connectivity index (χ1) is 6.99. The molecular formula is C12H15Cl2N. The molecule has 1 aromatic rings. The third-order valence-corrected chi connectivity index (χ3v) is 2.62. The average molecular weight is 244 g/mol. The van der Waals surface area contributed by atoms with E-state index in [1.54, 1.807) is 18.2 Å². The predicted molar refractivity (Wildman–Crippen MR) is 67.4 cm³/mol. The standard InChI is InChI=1S/C12H15Cl2N/c1-8(2)3-4-12(15)9-5-10(13)7-11(14)6-9/h5-8,15H,3-4H2,1-2H3. The molecule has 0 atom stereocenters. The molecule has 0 saturated carbocycles. The van der Waals surface area contributed by atoms with Crippen LogP contribution in [0, 0.1) is 11.3 Å². The predicted octanol–water partition coefficient (Wildman–Crippen LogP) is 4.80. The second kappa shape index (κ2) is 5.53. The van der Waals surface area contributed by atoms with E-state index in [0.717, 1.165) is 18.4 Å². The van der Waals surface area contributed by atoms with E-state index in [-0.39, 0.29) is 0 Å². The molecule has 0 heterocycles. The highest BCUT2D eigenvalue weighted by Crippen LogP contribution is 2.20. The summed E-state index contributed by atoms with van der Waals surface area (Å²) in [6.07, 6.45) is 1.79. The van der Waals surface area contributed by atoms with Gasteiger partial charge in [0.15, 0.2) is 0 Å². The van der Waals surface area contributed by atoms with Gasteiger partial charge >= 0.3 is 0 Å². The first-order valence-corrected chi connectivity index (χ1v) is 5.78. The molecule has 3 heteroatoms. The van der Waals surface area contributed by atoms with Gasteiger partial charge in [0.1, 0.15) is 0 Å². The summed E-state index contributed by atoms with van der Waals surface area (Å²) in [5.41, 5.74) is 1.43. The smallest absolute Gasteiger partial charge is 0.0427 e. The Bertz CT molecular complexity index is 338. The summed E-state index contributed by atoms with van der Waals surface area (Å²) in [6, 6.07) is 5.26. The van der Waals surface area contributed by atoms with Gasteiger partial charge in [0.25, 0.3) is 0 Å². The van der Waals surface area contributed by atoms with Gasteiger partial charge in [-0.15, -0.1) is 0 Å². The molecule has 1 aromatic carbocycles. The zero-order valence-electron chi connectivity index (χ0n) is 8.98. The maximum atomic E-state index is 7.90. The van der Waals surface area contributed by atoms with Crippen molar-refractivity contribution in [2.75, 3.05) is 0 Å².